The first kappa shape index (κ1) is 14.9. The van der Waals surface area contributed by atoms with Crippen LogP contribution in [0, 0.1) is 5.82 Å². The fourth-order valence-corrected chi connectivity index (χ4v) is 3.87. The van der Waals surface area contributed by atoms with Gasteiger partial charge in [0, 0.05) is 37.3 Å². The molecule has 0 radical (unpaired) electrons. The Morgan fingerprint density at radius 2 is 2.10 bits per heavy atom. The minimum Gasteiger partial charge on any atom is -0.389 e. The van der Waals surface area contributed by atoms with Crippen LogP contribution in [-0.2, 0) is 6.54 Å². The first-order chi connectivity index (χ1) is 10.0. The molecule has 0 amide bonds. The number of thiocarbonyl (C=S) groups is 1. The van der Waals surface area contributed by atoms with Crippen LogP contribution in [0.5, 0.6) is 0 Å². The highest BCUT2D eigenvalue weighted by molar-refractivity contribution is 7.80. The molecule has 1 aromatic rings. The molecular weight excluding hydrogens is 285 g/mol. The van der Waals surface area contributed by atoms with E-state index in [2.05, 4.69) is 16.8 Å². The molecule has 2 saturated heterocycles. The maximum Gasteiger partial charge on any atom is 0.123 e. The molecule has 2 atom stereocenters. The molecule has 21 heavy (non-hydrogen) atoms. The van der Waals surface area contributed by atoms with Crippen molar-refractivity contribution in [2.45, 2.75) is 37.9 Å². The van der Waals surface area contributed by atoms with Crippen LogP contribution < -0.4 is 5.73 Å². The molecule has 2 heterocycles. The van der Waals surface area contributed by atoms with Gasteiger partial charge in [0.25, 0.3) is 0 Å². The maximum absolute atomic E-state index is 13.4. The lowest BCUT2D eigenvalue weighted by Gasteiger charge is -2.26. The van der Waals surface area contributed by atoms with Crippen molar-refractivity contribution in [3.8, 4) is 0 Å². The van der Waals surface area contributed by atoms with Gasteiger partial charge in [-0.3, -0.25) is 9.80 Å². The molecule has 3 nitrogen and oxygen atoms in total. The molecule has 1 aromatic carbocycles. The van der Waals surface area contributed by atoms with Crippen molar-refractivity contribution < 1.29 is 4.39 Å². The quantitative estimate of drug-likeness (QED) is 0.867. The Kier molecular flexibility index (Phi) is 4.24. The van der Waals surface area contributed by atoms with E-state index in [0.717, 1.165) is 31.2 Å². The minimum absolute atomic E-state index is 0.276. The highest BCUT2D eigenvalue weighted by Crippen LogP contribution is 2.29. The van der Waals surface area contributed by atoms with Gasteiger partial charge >= 0.3 is 0 Å². The molecule has 2 bridgehead atoms. The van der Waals surface area contributed by atoms with Crippen LogP contribution in [0.4, 0.5) is 4.39 Å². The molecule has 2 N–H and O–H groups in total. The van der Waals surface area contributed by atoms with Crippen LogP contribution in [0.15, 0.2) is 18.2 Å². The summed E-state index contributed by atoms with van der Waals surface area (Å²) in [4.78, 5) is 5.26. The number of hydrogen-bond acceptors (Lipinski definition) is 3. The molecule has 2 aliphatic heterocycles. The first-order valence-corrected chi connectivity index (χ1v) is 7.98. The van der Waals surface area contributed by atoms with Crippen molar-refractivity contribution in [1.82, 2.24) is 9.80 Å². The smallest absolute Gasteiger partial charge is 0.123 e. The Morgan fingerprint density at radius 3 is 2.86 bits per heavy atom. The topological polar surface area (TPSA) is 32.5 Å². The van der Waals surface area contributed by atoms with Gasteiger partial charge in [0.2, 0.25) is 0 Å². The number of likely N-dealkylation sites (tertiary alicyclic amines) is 1. The third-order valence-corrected chi connectivity index (χ3v) is 5.18. The molecule has 0 aliphatic carbocycles. The van der Waals surface area contributed by atoms with Gasteiger partial charge in [0.05, 0.1) is 0 Å². The van der Waals surface area contributed by atoms with Crippen LogP contribution >= 0.6 is 12.2 Å². The van der Waals surface area contributed by atoms with Gasteiger partial charge < -0.3 is 5.73 Å². The van der Waals surface area contributed by atoms with E-state index in [0.29, 0.717) is 11.6 Å². The van der Waals surface area contributed by atoms with Crippen molar-refractivity contribution >= 4 is 17.2 Å². The van der Waals surface area contributed by atoms with E-state index in [1.165, 1.54) is 31.4 Å². The van der Waals surface area contributed by atoms with Gasteiger partial charge in [-0.2, -0.15) is 0 Å². The van der Waals surface area contributed by atoms with E-state index < -0.39 is 0 Å². The van der Waals surface area contributed by atoms with Gasteiger partial charge in [-0.25, -0.2) is 4.39 Å². The number of hydrogen-bond donors (Lipinski definition) is 1. The zero-order valence-electron chi connectivity index (χ0n) is 12.4. The molecule has 2 fully saturated rings. The predicted octanol–water partition coefficient (Wildman–Crippen LogP) is 2.13. The third-order valence-electron chi connectivity index (χ3n) is 4.96. The summed E-state index contributed by atoms with van der Waals surface area (Å²) >= 11 is 5.06. The van der Waals surface area contributed by atoms with E-state index in [1.807, 2.05) is 6.07 Å². The first-order valence-electron chi connectivity index (χ1n) is 7.57. The van der Waals surface area contributed by atoms with Crippen molar-refractivity contribution in [3.05, 3.63) is 35.1 Å². The number of fused-ring (bicyclic) bond motifs is 2. The summed E-state index contributed by atoms with van der Waals surface area (Å²) < 4.78 is 13.4. The maximum atomic E-state index is 13.4. The average molecular weight is 307 g/mol. The summed E-state index contributed by atoms with van der Waals surface area (Å²) in [6, 6.07) is 6.13. The highest BCUT2D eigenvalue weighted by Gasteiger charge is 2.34. The number of benzene rings is 1. The summed E-state index contributed by atoms with van der Waals surface area (Å²) in [6.07, 6.45) is 3.81. The normalized spacial score (nSPS) is 26.8. The summed E-state index contributed by atoms with van der Waals surface area (Å²) in [6.45, 7) is 2.95. The predicted molar refractivity (Wildman–Crippen MR) is 86.8 cm³/mol. The molecule has 114 valence electrons. The molecular formula is C16H22FN3S. The molecule has 0 spiro atoms. The minimum atomic E-state index is -0.281. The largest absolute Gasteiger partial charge is 0.389 e. The van der Waals surface area contributed by atoms with Crippen LogP contribution in [-0.4, -0.2) is 47.0 Å². The number of halogens is 1. The van der Waals surface area contributed by atoms with Gasteiger partial charge in [-0.05, 0) is 44.0 Å². The zero-order valence-corrected chi connectivity index (χ0v) is 13.2. The molecule has 3 rings (SSSR count). The lowest BCUT2D eigenvalue weighted by atomic mass is 10.0. The molecule has 0 saturated carbocycles. The second-order valence-electron chi connectivity index (χ2n) is 6.24. The number of rotatable bonds is 3. The summed E-state index contributed by atoms with van der Waals surface area (Å²) in [7, 11) is 2.24. The lowest BCUT2D eigenvalue weighted by molar-refractivity contribution is 0.214. The second-order valence-corrected chi connectivity index (χ2v) is 6.68. The van der Waals surface area contributed by atoms with Crippen molar-refractivity contribution in [3.63, 3.8) is 0 Å². The Hall–Kier alpha value is -1.04. The van der Waals surface area contributed by atoms with Crippen LogP contribution in [0.2, 0.25) is 0 Å². The highest BCUT2D eigenvalue weighted by atomic mass is 32.1. The fourth-order valence-electron chi connectivity index (χ4n) is 3.68. The van der Waals surface area contributed by atoms with Crippen LogP contribution in [0.1, 0.15) is 30.4 Å². The Morgan fingerprint density at radius 1 is 1.33 bits per heavy atom. The van der Waals surface area contributed by atoms with E-state index in [4.69, 9.17) is 18.0 Å². The van der Waals surface area contributed by atoms with Crippen LogP contribution in [0.25, 0.3) is 0 Å². The third kappa shape index (κ3) is 3.10. The zero-order chi connectivity index (χ0) is 15.0. The molecule has 0 aromatic heterocycles. The van der Waals surface area contributed by atoms with Crippen molar-refractivity contribution in [2.75, 3.05) is 20.1 Å². The Labute approximate surface area is 130 Å². The number of nitrogens with zero attached hydrogens (tertiary/aromatic N) is 2. The SMILES string of the molecule is CN1C2CCC1CN(Cc1ccc(F)cc1C(N)=S)CC2. The van der Waals surface area contributed by atoms with Gasteiger partial charge in [0.15, 0.2) is 0 Å². The monoisotopic (exact) mass is 307 g/mol. The average Bonchev–Trinajstić information content (AvgIpc) is 2.68. The standard InChI is InChI=1S/C16H22FN3S/c1-19-13-4-5-14(19)10-20(7-6-13)9-11-2-3-12(17)8-15(11)16(18)21/h2-3,8,13-14H,4-7,9-10H2,1H3,(H2,18,21). The van der Waals surface area contributed by atoms with E-state index in [9.17, 15) is 4.39 Å². The Balaban J connectivity index is 1.76. The van der Waals surface area contributed by atoms with Crippen LogP contribution in [0.3, 0.4) is 0 Å². The molecule has 5 heteroatoms. The molecule has 2 unspecified atom stereocenters. The van der Waals surface area contributed by atoms with Gasteiger partial charge in [-0.15, -0.1) is 0 Å². The van der Waals surface area contributed by atoms with E-state index >= 15 is 0 Å². The van der Waals surface area contributed by atoms with E-state index in [-0.39, 0.29) is 10.8 Å². The molecule has 2 aliphatic rings. The summed E-state index contributed by atoms with van der Waals surface area (Å²) in [5.74, 6) is -0.281. The summed E-state index contributed by atoms with van der Waals surface area (Å²) in [5, 5.41) is 0. The Bertz CT molecular complexity index is 548. The van der Waals surface area contributed by atoms with E-state index in [1.54, 1.807) is 0 Å². The lowest BCUT2D eigenvalue weighted by Crippen LogP contribution is -2.36. The number of nitrogens with two attached hydrogens (primary N) is 1. The second kappa shape index (κ2) is 5.99. The van der Waals surface area contributed by atoms with Gasteiger partial charge in [0.1, 0.15) is 10.8 Å². The van der Waals surface area contributed by atoms with Crippen molar-refractivity contribution in [1.29, 1.82) is 0 Å². The van der Waals surface area contributed by atoms with Gasteiger partial charge in [-0.1, -0.05) is 18.3 Å². The number of likely N-dealkylation sites (N-methyl/N-ethyl adjacent to an activating group) is 1. The fraction of sp³-hybridized carbons (Fsp3) is 0.562. The van der Waals surface area contributed by atoms with Crippen molar-refractivity contribution in [2.24, 2.45) is 5.73 Å². The summed E-state index contributed by atoms with van der Waals surface area (Å²) in [5.41, 5.74) is 7.45.